The first-order valence-corrected chi connectivity index (χ1v) is 9.24. The highest BCUT2D eigenvalue weighted by atomic mass is 15.1. The maximum absolute atomic E-state index is 3.70. The molecule has 0 saturated heterocycles. The topological polar surface area (TPSA) is 15.3 Å². The molecule has 1 aromatic rings. The highest BCUT2D eigenvalue weighted by Crippen LogP contribution is 2.30. The molecule has 2 nitrogen and oxygen atoms in total. The fraction of sp³-hybridized carbons (Fsp3) is 0.700. The monoisotopic (exact) mass is 304 g/mol. The van der Waals surface area contributed by atoms with Crippen molar-refractivity contribution in [1.82, 2.24) is 0 Å². The van der Waals surface area contributed by atoms with Crippen LogP contribution in [0.15, 0.2) is 12.1 Å². The van der Waals surface area contributed by atoms with Crippen molar-refractivity contribution in [1.29, 1.82) is 0 Å². The molecule has 0 radical (unpaired) electrons. The van der Waals surface area contributed by atoms with Crippen LogP contribution in [0.4, 0.5) is 11.4 Å². The number of rotatable bonds is 11. The maximum atomic E-state index is 3.70. The van der Waals surface area contributed by atoms with E-state index in [0.717, 1.165) is 19.6 Å². The Kier molecular flexibility index (Phi) is 9.03. The zero-order valence-electron chi connectivity index (χ0n) is 15.5. The van der Waals surface area contributed by atoms with Gasteiger partial charge in [0.15, 0.2) is 0 Å². The average Bonchev–Trinajstić information content (AvgIpc) is 2.50. The summed E-state index contributed by atoms with van der Waals surface area (Å²) in [6, 6.07) is 4.71. The Balaban J connectivity index is 2.85. The Morgan fingerprint density at radius 3 is 2.05 bits per heavy atom. The van der Waals surface area contributed by atoms with Gasteiger partial charge in [-0.25, -0.2) is 0 Å². The summed E-state index contributed by atoms with van der Waals surface area (Å²) in [5.74, 6) is 0. The predicted molar refractivity (Wildman–Crippen MR) is 101 cm³/mol. The number of unbranched alkanes of at least 4 members (excludes halogenated alkanes) is 3. The minimum Gasteiger partial charge on any atom is -0.383 e. The molecular formula is C20H36N2. The molecule has 0 unspecified atom stereocenters. The lowest BCUT2D eigenvalue weighted by atomic mass is 10.1. The van der Waals surface area contributed by atoms with Crippen LogP contribution in [-0.2, 0) is 0 Å². The van der Waals surface area contributed by atoms with E-state index in [1.807, 2.05) is 0 Å². The standard InChI is InChI=1S/C20H36N2/c1-6-9-10-11-12-21-19-15-17(4)18(5)16-20(19)22(13-7-2)14-8-3/h15-16,21H,6-14H2,1-5H3. The lowest BCUT2D eigenvalue weighted by molar-refractivity contribution is 0.684. The van der Waals surface area contributed by atoms with E-state index in [1.54, 1.807) is 0 Å². The van der Waals surface area contributed by atoms with Gasteiger partial charge in [-0.1, -0.05) is 40.0 Å². The zero-order chi connectivity index (χ0) is 16.4. The minimum atomic E-state index is 1.08. The molecule has 0 heterocycles. The van der Waals surface area contributed by atoms with Crippen molar-refractivity contribution in [3.8, 4) is 0 Å². The van der Waals surface area contributed by atoms with Gasteiger partial charge in [0.05, 0.1) is 11.4 Å². The first-order chi connectivity index (χ1) is 10.6. The van der Waals surface area contributed by atoms with Gasteiger partial charge in [-0.05, 0) is 56.4 Å². The second kappa shape index (κ2) is 10.5. The molecule has 126 valence electrons. The van der Waals surface area contributed by atoms with E-state index in [9.17, 15) is 0 Å². The number of aryl methyl sites for hydroxylation is 2. The fourth-order valence-electron chi connectivity index (χ4n) is 2.87. The number of nitrogens with one attached hydrogen (secondary N) is 1. The van der Waals surface area contributed by atoms with Gasteiger partial charge in [-0.15, -0.1) is 0 Å². The van der Waals surface area contributed by atoms with Crippen LogP contribution in [-0.4, -0.2) is 19.6 Å². The van der Waals surface area contributed by atoms with Gasteiger partial charge in [0.2, 0.25) is 0 Å². The third-order valence-corrected chi connectivity index (χ3v) is 4.29. The van der Waals surface area contributed by atoms with Gasteiger partial charge < -0.3 is 10.2 Å². The van der Waals surface area contributed by atoms with Crippen molar-refractivity contribution in [3.63, 3.8) is 0 Å². The molecule has 0 saturated carbocycles. The third-order valence-electron chi connectivity index (χ3n) is 4.29. The molecule has 0 aliphatic heterocycles. The number of anilines is 2. The van der Waals surface area contributed by atoms with Crippen LogP contribution in [0.3, 0.4) is 0 Å². The Hall–Kier alpha value is -1.18. The number of hydrogen-bond donors (Lipinski definition) is 1. The summed E-state index contributed by atoms with van der Waals surface area (Å²) < 4.78 is 0. The van der Waals surface area contributed by atoms with E-state index < -0.39 is 0 Å². The Bertz CT molecular complexity index is 420. The molecule has 0 amide bonds. The summed E-state index contributed by atoms with van der Waals surface area (Å²) in [5, 5.41) is 3.70. The Labute approximate surface area is 138 Å². The Morgan fingerprint density at radius 2 is 1.45 bits per heavy atom. The zero-order valence-corrected chi connectivity index (χ0v) is 15.5. The lowest BCUT2D eigenvalue weighted by Crippen LogP contribution is -2.26. The number of benzene rings is 1. The van der Waals surface area contributed by atoms with Crippen LogP contribution in [0.25, 0.3) is 0 Å². The summed E-state index contributed by atoms with van der Waals surface area (Å²) >= 11 is 0. The van der Waals surface area contributed by atoms with Gasteiger partial charge in [0.25, 0.3) is 0 Å². The summed E-state index contributed by atoms with van der Waals surface area (Å²) in [4.78, 5) is 2.54. The smallest absolute Gasteiger partial charge is 0.0604 e. The quantitative estimate of drug-likeness (QED) is 0.510. The van der Waals surface area contributed by atoms with Crippen molar-refractivity contribution in [2.24, 2.45) is 0 Å². The van der Waals surface area contributed by atoms with Crippen LogP contribution in [0.1, 0.15) is 70.4 Å². The summed E-state index contributed by atoms with van der Waals surface area (Å²) in [6.45, 7) is 14.6. The van der Waals surface area contributed by atoms with Gasteiger partial charge in [-0.2, -0.15) is 0 Å². The van der Waals surface area contributed by atoms with Gasteiger partial charge in [-0.3, -0.25) is 0 Å². The molecule has 1 rings (SSSR count). The van der Waals surface area contributed by atoms with E-state index >= 15 is 0 Å². The maximum Gasteiger partial charge on any atom is 0.0604 e. The van der Waals surface area contributed by atoms with Gasteiger partial charge in [0, 0.05) is 19.6 Å². The molecule has 0 atom stereocenters. The fourth-order valence-corrected chi connectivity index (χ4v) is 2.87. The van der Waals surface area contributed by atoms with Crippen molar-refractivity contribution in [2.75, 3.05) is 29.9 Å². The average molecular weight is 305 g/mol. The highest BCUT2D eigenvalue weighted by molar-refractivity contribution is 5.72. The van der Waals surface area contributed by atoms with E-state index in [-0.39, 0.29) is 0 Å². The van der Waals surface area contributed by atoms with Crippen LogP contribution in [0.5, 0.6) is 0 Å². The molecule has 0 aliphatic rings. The van der Waals surface area contributed by atoms with E-state index in [2.05, 4.69) is 57.0 Å². The Morgan fingerprint density at radius 1 is 0.818 bits per heavy atom. The molecule has 0 bridgehead atoms. The van der Waals surface area contributed by atoms with Crippen LogP contribution < -0.4 is 10.2 Å². The normalized spacial score (nSPS) is 10.8. The molecule has 0 fully saturated rings. The SMILES string of the molecule is CCCCCCNc1cc(C)c(C)cc1N(CCC)CCC. The summed E-state index contributed by atoms with van der Waals surface area (Å²) in [7, 11) is 0. The second-order valence-corrected chi connectivity index (χ2v) is 6.43. The second-order valence-electron chi connectivity index (χ2n) is 6.43. The van der Waals surface area contributed by atoms with E-state index in [1.165, 1.54) is 61.0 Å². The van der Waals surface area contributed by atoms with E-state index in [4.69, 9.17) is 0 Å². The molecule has 0 aliphatic carbocycles. The highest BCUT2D eigenvalue weighted by Gasteiger charge is 2.11. The van der Waals surface area contributed by atoms with Crippen molar-refractivity contribution in [2.45, 2.75) is 73.1 Å². The third kappa shape index (κ3) is 5.90. The lowest BCUT2D eigenvalue weighted by Gasteiger charge is -2.28. The number of hydrogen-bond acceptors (Lipinski definition) is 2. The molecule has 1 aromatic carbocycles. The number of nitrogens with zero attached hydrogens (tertiary/aromatic N) is 1. The first kappa shape index (κ1) is 18.9. The summed E-state index contributed by atoms with van der Waals surface area (Å²) in [5.41, 5.74) is 5.49. The van der Waals surface area contributed by atoms with Crippen LogP contribution in [0, 0.1) is 13.8 Å². The first-order valence-electron chi connectivity index (χ1n) is 9.24. The molecule has 2 heteroatoms. The van der Waals surface area contributed by atoms with Crippen LogP contribution >= 0.6 is 0 Å². The molecule has 0 aromatic heterocycles. The largest absolute Gasteiger partial charge is 0.383 e. The van der Waals surface area contributed by atoms with Gasteiger partial charge >= 0.3 is 0 Å². The predicted octanol–water partition coefficient (Wildman–Crippen LogP) is 5.92. The molecule has 0 spiro atoms. The molecular weight excluding hydrogens is 268 g/mol. The molecule has 22 heavy (non-hydrogen) atoms. The molecule has 1 N–H and O–H groups in total. The van der Waals surface area contributed by atoms with Crippen molar-refractivity contribution in [3.05, 3.63) is 23.3 Å². The summed E-state index contributed by atoms with van der Waals surface area (Å²) in [6.07, 6.45) is 7.64. The van der Waals surface area contributed by atoms with Crippen molar-refractivity contribution < 1.29 is 0 Å². The van der Waals surface area contributed by atoms with Crippen molar-refractivity contribution >= 4 is 11.4 Å². The van der Waals surface area contributed by atoms with E-state index in [0.29, 0.717) is 0 Å². The minimum absolute atomic E-state index is 1.08. The van der Waals surface area contributed by atoms with Crippen LogP contribution in [0.2, 0.25) is 0 Å². The van der Waals surface area contributed by atoms with Gasteiger partial charge in [0.1, 0.15) is 0 Å².